The topological polar surface area (TPSA) is 51.2 Å². The lowest BCUT2D eigenvalue weighted by Crippen LogP contribution is -2.25. The van der Waals surface area contributed by atoms with Crippen molar-refractivity contribution in [2.24, 2.45) is 29.6 Å². The first kappa shape index (κ1) is 19.2. The van der Waals surface area contributed by atoms with Crippen LogP contribution in [0.1, 0.15) is 46.5 Å². The highest BCUT2D eigenvalue weighted by Crippen LogP contribution is 2.46. The number of hydrogen-bond acceptors (Lipinski definition) is 3. The Morgan fingerprint density at radius 3 is 2.46 bits per heavy atom. The Balaban J connectivity index is 2.18. The van der Waals surface area contributed by atoms with Crippen molar-refractivity contribution < 1.29 is 13.2 Å². The second-order valence-electron chi connectivity index (χ2n) is 7.52. The van der Waals surface area contributed by atoms with E-state index < -0.39 is 9.84 Å². The van der Waals surface area contributed by atoms with Crippen LogP contribution in [-0.2, 0) is 14.6 Å². The first-order valence-electron chi connectivity index (χ1n) is 9.10. The van der Waals surface area contributed by atoms with E-state index in [1.807, 2.05) is 6.07 Å². The van der Waals surface area contributed by atoms with Gasteiger partial charge in [0.05, 0.1) is 10.6 Å². The molecule has 134 valence electrons. The van der Waals surface area contributed by atoms with Gasteiger partial charge in [-0.05, 0) is 54.6 Å². The van der Waals surface area contributed by atoms with Crippen LogP contribution in [-0.4, -0.2) is 20.5 Å². The van der Waals surface area contributed by atoms with E-state index in [4.69, 9.17) is 0 Å². The fourth-order valence-electron chi connectivity index (χ4n) is 4.21. The molecule has 2 rings (SSSR count). The average molecular weight is 351 g/mol. The maximum Gasteiger partial charge on any atom is 0.178 e. The Bertz CT molecular complexity index is 624. The molecule has 0 aromatic heterocycles. The van der Waals surface area contributed by atoms with Gasteiger partial charge in [-0.3, -0.25) is 0 Å². The molecule has 0 aliphatic heterocycles. The molecule has 1 aromatic carbocycles. The highest BCUT2D eigenvalue weighted by Gasteiger charge is 2.42. The summed E-state index contributed by atoms with van der Waals surface area (Å²) < 4.78 is 25.6. The van der Waals surface area contributed by atoms with Crippen LogP contribution in [0.3, 0.4) is 0 Å². The third kappa shape index (κ3) is 4.47. The fraction of sp³-hybridized carbons (Fsp3) is 0.650. The minimum atomic E-state index is -3.30. The van der Waals surface area contributed by atoms with Gasteiger partial charge in [-0.15, -0.1) is 0 Å². The van der Waals surface area contributed by atoms with Gasteiger partial charge in [0.15, 0.2) is 9.84 Å². The van der Waals surface area contributed by atoms with Gasteiger partial charge in [-0.25, -0.2) is 8.42 Å². The summed E-state index contributed by atoms with van der Waals surface area (Å²) in [5.74, 6) is 1.97. The molecule has 24 heavy (non-hydrogen) atoms. The molecule has 0 radical (unpaired) electrons. The van der Waals surface area contributed by atoms with Crippen molar-refractivity contribution in [1.82, 2.24) is 0 Å². The molecule has 1 aliphatic rings. The molecular weight excluding hydrogens is 320 g/mol. The second-order valence-corrected chi connectivity index (χ2v) is 9.56. The minimum absolute atomic E-state index is 0.0782. The van der Waals surface area contributed by atoms with Gasteiger partial charge in [0.25, 0.3) is 0 Å². The first-order chi connectivity index (χ1) is 11.4. The molecule has 1 fully saturated rings. The molecule has 0 spiro atoms. The van der Waals surface area contributed by atoms with Gasteiger partial charge < -0.3 is 4.79 Å². The van der Waals surface area contributed by atoms with Crippen molar-refractivity contribution in [2.75, 3.05) is 5.75 Å². The Morgan fingerprint density at radius 2 is 1.88 bits per heavy atom. The molecular formula is C20H30O3S. The summed E-state index contributed by atoms with van der Waals surface area (Å²) in [6.45, 7) is 6.64. The zero-order chi connectivity index (χ0) is 17.7. The van der Waals surface area contributed by atoms with E-state index in [0.717, 1.165) is 25.5 Å². The zero-order valence-electron chi connectivity index (χ0n) is 15.0. The Hall–Kier alpha value is -1.16. The molecule has 3 nitrogen and oxygen atoms in total. The average Bonchev–Trinajstić information content (AvgIpc) is 2.84. The lowest BCUT2D eigenvalue weighted by molar-refractivity contribution is -0.108. The highest BCUT2D eigenvalue weighted by atomic mass is 32.2. The van der Waals surface area contributed by atoms with Gasteiger partial charge in [-0.1, -0.05) is 45.4 Å². The second kappa shape index (κ2) is 8.28. The molecule has 1 saturated carbocycles. The van der Waals surface area contributed by atoms with Crippen molar-refractivity contribution in [3.8, 4) is 0 Å². The number of aldehydes is 1. The largest absolute Gasteiger partial charge is 0.303 e. The van der Waals surface area contributed by atoms with Gasteiger partial charge in [0.2, 0.25) is 0 Å². The molecule has 0 heterocycles. The summed E-state index contributed by atoms with van der Waals surface area (Å²) in [7, 11) is -3.30. The Labute approximate surface area is 146 Å². The number of carbonyl (C=O) groups excluding carboxylic acids is 1. The Morgan fingerprint density at radius 1 is 1.21 bits per heavy atom. The lowest BCUT2D eigenvalue weighted by Gasteiger charge is -2.24. The van der Waals surface area contributed by atoms with Gasteiger partial charge >= 0.3 is 0 Å². The number of rotatable bonds is 8. The molecule has 5 atom stereocenters. The molecule has 0 bridgehead atoms. The van der Waals surface area contributed by atoms with Gasteiger partial charge in [0.1, 0.15) is 6.29 Å². The van der Waals surface area contributed by atoms with Crippen LogP contribution >= 0.6 is 0 Å². The number of carbonyl (C=O) groups is 1. The zero-order valence-corrected chi connectivity index (χ0v) is 15.8. The summed E-state index contributed by atoms with van der Waals surface area (Å²) in [6, 6.07) is 8.69. The van der Waals surface area contributed by atoms with Crippen molar-refractivity contribution in [3.05, 3.63) is 30.3 Å². The van der Waals surface area contributed by atoms with E-state index in [9.17, 15) is 13.2 Å². The SMILES string of the molecule is CC[C@@H](C)C[C@H]1C[C@@H](CC=O)[C@H](CS(=O)(=O)c2ccccc2)[C@H]1C. The molecule has 0 saturated heterocycles. The van der Waals surface area contributed by atoms with E-state index in [-0.39, 0.29) is 17.6 Å². The van der Waals surface area contributed by atoms with Crippen LogP contribution in [0.2, 0.25) is 0 Å². The van der Waals surface area contributed by atoms with Crippen LogP contribution in [0, 0.1) is 29.6 Å². The van der Waals surface area contributed by atoms with Crippen LogP contribution in [0.25, 0.3) is 0 Å². The maximum atomic E-state index is 12.8. The predicted molar refractivity (Wildman–Crippen MR) is 97.5 cm³/mol. The Kier molecular flexibility index (Phi) is 6.62. The summed E-state index contributed by atoms with van der Waals surface area (Å²) in [4.78, 5) is 11.5. The molecule has 1 aromatic rings. The summed E-state index contributed by atoms with van der Waals surface area (Å²) >= 11 is 0. The van der Waals surface area contributed by atoms with E-state index >= 15 is 0 Å². The molecule has 4 heteroatoms. The first-order valence-corrected chi connectivity index (χ1v) is 10.8. The van der Waals surface area contributed by atoms with Crippen LogP contribution in [0.5, 0.6) is 0 Å². The van der Waals surface area contributed by atoms with E-state index in [1.54, 1.807) is 24.3 Å². The number of sulfone groups is 1. The number of benzene rings is 1. The smallest absolute Gasteiger partial charge is 0.178 e. The van der Waals surface area contributed by atoms with E-state index in [2.05, 4.69) is 20.8 Å². The van der Waals surface area contributed by atoms with E-state index in [0.29, 0.717) is 29.1 Å². The van der Waals surface area contributed by atoms with Crippen molar-refractivity contribution in [3.63, 3.8) is 0 Å². The van der Waals surface area contributed by atoms with Crippen molar-refractivity contribution >= 4 is 16.1 Å². The third-order valence-corrected chi connectivity index (χ3v) is 7.76. The summed E-state index contributed by atoms with van der Waals surface area (Å²) in [5, 5.41) is 0. The van der Waals surface area contributed by atoms with Crippen LogP contribution in [0.4, 0.5) is 0 Å². The van der Waals surface area contributed by atoms with Crippen LogP contribution < -0.4 is 0 Å². The highest BCUT2D eigenvalue weighted by molar-refractivity contribution is 7.91. The maximum absolute atomic E-state index is 12.8. The molecule has 0 amide bonds. The van der Waals surface area contributed by atoms with Gasteiger partial charge in [0, 0.05) is 6.42 Å². The normalized spacial score (nSPS) is 28.6. The monoisotopic (exact) mass is 350 g/mol. The van der Waals surface area contributed by atoms with E-state index in [1.165, 1.54) is 0 Å². The standard InChI is InChI=1S/C20H30O3S/c1-4-15(2)12-18-13-17(10-11-21)20(16(18)3)14-24(22,23)19-8-6-5-7-9-19/h5-9,11,15-18,20H,4,10,12-14H2,1-3H3/t15-,16+,17-,18+,20-/m1/s1. The van der Waals surface area contributed by atoms with Gasteiger partial charge in [-0.2, -0.15) is 0 Å². The fourth-order valence-corrected chi connectivity index (χ4v) is 6.06. The minimum Gasteiger partial charge on any atom is -0.303 e. The quantitative estimate of drug-likeness (QED) is 0.654. The number of hydrogen-bond donors (Lipinski definition) is 0. The lowest BCUT2D eigenvalue weighted by atomic mass is 9.85. The summed E-state index contributed by atoms with van der Waals surface area (Å²) in [5.41, 5.74) is 0. The summed E-state index contributed by atoms with van der Waals surface area (Å²) in [6.07, 6.45) is 4.71. The third-order valence-electron chi connectivity index (χ3n) is 5.95. The molecule has 0 unspecified atom stereocenters. The molecule has 0 N–H and O–H groups in total. The van der Waals surface area contributed by atoms with Crippen molar-refractivity contribution in [2.45, 2.75) is 51.3 Å². The van der Waals surface area contributed by atoms with Crippen LogP contribution in [0.15, 0.2) is 35.2 Å². The van der Waals surface area contributed by atoms with Crippen molar-refractivity contribution in [1.29, 1.82) is 0 Å². The molecule has 1 aliphatic carbocycles. The predicted octanol–water partition coefficient (Wildman–Crippen LogP) is 4.37.